The maximum Gasteiger partial charge on any atom is 0.0991 e. The van der Waals surface area contributed by atoms with Crippen molar-refractivity contribution in [3.8, 4) is 6.07 Å². The van der Waals surface area contributed by atoms with Crippen LogP contribution in [0.1, 0.15) is 88.2 Å². The number of ether oxygens (including phenoxy) is 1. The lowest BCUT2D eigenvalue weighted by molar-refractivity contribution is 0.197. The number of hydrogen-bond donors (Lipinski definition) is 0. The Hall–Kier alpha value is -1.75. The van der Waals surface area contributed by atoms with Crippen molar-refractivity contribution < 1.29 is 4.74 Å². The van der Waals surface area contributed by atoms with Gasteiger partial charge in [-0.2, -0.15) is 5.26 Å². The zero-order chi connectivity index (χ0) is 17.7. The number of rotatable bonds is 10. The smallest absolute Gasteiger partial charge is 0.0991 e. The lowest BCUT2D eigenvalue weighted by Crippen LogP contribution is -2.14. The standard InChI is InChI=1S/C23H33NO/c1-2-3-4-5-6-7-17-25-18-16-20-8-12-22(13-9-20)23-14-10-21(19-24)11-15-23/h7,10-11,14-15,17,20,22H,2-6,8-9,12-13,16,18H2,1H3/b17-7+. The van der Waals surface area contributed by atoms with Crippen molar-refractivity contribution in [2.45, 2.75) is 77.0 Å². The molecule has 25 heavy (non-hydrogen) atoms. The molecule has 1 fully saturated rings. The van der Waals surface area contributed by atoms with E-state index in [1.165, 1.54) is 63.4 Å². The summed E-state index contributed by atoms with van der Waals surface area (Å²) in [6, 6.07) is 10.4. The first kappa shape index (κ1) is 19.6. The highest BCUT2D eigenvalue weighted by atomic mass is 16.5. The van der Waals surface area contributed by atoms with Gasteiger partial charge in [0.2, 0.25) is 0 Å². The van der Waals surface area contributed by atoms with E-state index < -0.39 is 0 Å². The van der Waals surface area contributed by atoms with Gasteiger partial charge in [-0.1, -0.05) is 38.3 Å². The van der Waals surface area contributed by atoms with E-state index in [9.17, 15) is 0 Å². The van der Waals surface area contributed by atoms with E-state index in [1.54, 1.807) is 0 Å². The van der Waals surface area contributed by atoms with Crippen LogP contribution in [0.5, 0.6) is 0 Å². The zero-order valence-corrected chi connectivity index (χ0v) is 15.8. The minimum atomic E-state index is 0.674. The van der Waals surface area contributed by atoms with Crippen LogP contribution in [0.2, 0.25) is 0 Å². The number of allylic oxidation sites excluding steroid dienone is 1. The van der Waals surface area contributed by atoms with Gasteiger partial charge in [0.25, 0.3) is 0 Å². The molecule has 0 radical (unpaired) electrons. The van der Waals surface area contributed by atoms with Crippen molar-refractivity contribution in [1.82, 2.24) is 0 Å². The molecule has 0 saturated heterocycles. The van der Waals surface area contributed by atoms with Gasteiger partial charge in [-0.3, -0.25) is 0 Å². The largest absolute Gasteiger partial charge is 0.502 e. The summed E-state index contributed by atoms with van der Waals surface area (Å²) in [6.45, 7) is 3.11. The molecule has 0 aliphatic heterocycles. The maximum absolute atomic E-state index is 8.89. The number of nitrogens with zero attached hydrogens (tertiary/aromatic N) is 1. The van der Waals surface area contributed by atoms with E-state index in [0.717, 1.165) is 24.5 Å². The quantitative estimate of drug-likeness (QED) is 0.350. The Morgan fingerprint density at radius 2 is 1.84 bits per heavy atom. The Morgan fingerprint density at radius 3 is 2.52 bits per heavy atom. The minimum Gasteiger partial charge on any atom is -0.502 e. The molecular weight excluding hydrogens is 306 g/mol. The van der Waals surface area contributed by atoms with Crippen LogP contribution in [0.15, 0.2) is 36.6 Å². The van der Waals surface area contributed by atoms with Crippen LogP contribution < -0.4 is 0 Å². The van der Waals surface area contributed by atoms with E-state index in [1.807, 2.05) is 18.4 Å². The summed E-state index contributed by atoms with van der Waals surface area (Å²) in [5, 5.41) is 8.89. The molecule has 1 saturated carbocycles. The van der Waals surface area contributed by atoms with Crippen molar-refractivity contribution in [1.29, 1.82) is 5.26 Å². The van der Waals surface area contributed by atoms with E-state index in [2.05, 4.69) is 31.2 Å². The van der Waals surface area contributed by atoms with E-state index in [0.29, 0.717) is 5.92 Å². The van der Waals surface area contributed by atoms with Crippen molar-refractivity contribution in [3.05, 3.63) is 47.7 Å². The number of nitriles is 1. The third-order valence-electron chi connectivity index (χ3n) is 5.42. The van der Waals surface area contributed by atoms with Gasteiger partial charge in [0.15, 0.2) is 0 Å². The zero-order valence-electron chi connectivity index (χ0n) is 15.8. The molecule has 0 atom stereocenters. The lowest BCUT2D eigenvalue weighted by atomic mass is 9.77. The molecule has 2 nitrogen and oxygen atoms in total. The fourth-order valence-electron chi connectivity index (χ4n) is 3.74. The summed E-state index contributed by atoms with van der Waals surface area (Å²) >= 11 is 0. The number of unbranched alkanes of at least 4 members (excludes halogenated alkanes) is 4. The maximum atomic E-state index is 8.89. The Morgan fingerprint density at radius 1 is 1.08 bits per heavy atom. The second kappa shape index (κ2) is 11.7. The number of hydrogen-bond acceptors (Lipinski definition) is 2. The molecule has 0 spiro atoms. The summed E-state index contributed by atoms with van der Waals surface area (Å²) in [4.78, 5) is 0. The van der Waals surface area contributed by atoms with Gasteiger partial charge in [0.05, 0.1) is 24.5 Å². The molecule has 1 aromatic carbocycles. The SMILES string of the molecule is CCCCCC/C=C/OCCC1CCC(c2ccc(C#N)cc2)CC1. The topological polar surface area (TPSA) is 33.0 Å². The predicted molar refractivity (Wildman–Crippen MR) is 104 cm³/mol. The van der Waals surface area contributed by atoms with E-state index >= 15 is 0 Å². The average molecular weight is 340 g/mol. The van der Waals surface area contributed by atoms with Gasteiger partial charge < -0.3 is 4.74 Å². The van der Waals surface area contributed by atoms with Crippen LogP contribution in [0.4, 0.5) is 0 Å². The van der Waals surface area contributed by atoms with Crippen LogP contribution in [0.25, 0.3) is 0 Å². The molecule has 0 amide bonds. The molecule has 0 N–H and O–H groups in total. The lowest BCUT2D eigenvalue weighted by Gasteiger charge is -2.28. The first-order chi connectivity index (χ1) is 12.3. The minimum absolute atomic E-state index is 0.674. The molecule has 0 heterocycles. The molecule has 1 aromatic rings. The molecular formula is C23H33NO. The third-order valence-corrected chi connectivity index (χ3v) is 5.42. The van der Waals surface area contributed by atoms with Crippen molar-refractivity contribution in [3.63, 3.8) is 0 Å². The normalized spacial score (nSPS) is 20.5. The number of benzene rings is 1. The average Bonchev–Trinajstić information content (AvgIpc) is 2.67. The van der Waals surface area contributed by atoms with Crippen LogP contribution in [-0.4, -0.2) is 6.61 Å². The van der Waals surface area contributed by atoms with E-state index in [4.69, 9.17) is 10.00 Å². The Bertz CT molecular complexity index is 532. The first-order valence-corrected chi connectivity index (χ1v) is 10.1. The van der Waals surface area contributed by atoms with Crippen molar-refractivity contribution in [2.24, 2.45) is 5.92 Å². The molecule has 0 unspecified atom stereocenters. The van der Waals surface area contributed by atoms with Gasteiger partial charge in [0, 0.05) is 0 Å². The van der Waals surface area contributed by atoms with Gasteiger partial charge in [-0.05, 0) is 80.6 Å². The molecule has 0 bridgehead atoms. The second-order valence-electron chi connectivity index (χ2n) is 7.33. The van der Waals surface area contributed by atoms with Crippen LogP contribution in [-0.2, 0) is 4.74 Å². The van der Waals surface area contributed by atoms with Crippen molar-refractivity contribution in [2.75, 3.05) is 6.61 Å². The van der Waals surface area contributed by atoms with Gasteiger partial charge in [-0.25, -0.2) is 0 Å². The summed E-state index contributed by atoms with van der Waals surface area (Å²) in [6.07, 6.45) is 16.8. The highest BCUT2D eigenvalue weighted by Gasteiger charge is 2.22. The monoisotopic (exact) mass is 339 g/mol. The second-order valence-corrected chi connectivity index (χ2v) is 7.33. The molecule has 0 aromatic heterocycles. The summed E-state index contributed by atoms with van der Waals surface area (Å²) in [5.41, 5.74) is 2.16. The molecule has 1 aliphatic carbocycles. The Balaban J connectivity index is 1.56. The predicted octanol–water partition coefficient (Wildman–Crippen LogP) is 6.72. The van der Waals surface area contributed by atoms with Gasteiger partial charge in [-0.15, -0.1) is 0 Å². The van der Waals surface area contributed by atoms with Gasteiger partial charge >= 0.3 is 0 Å². The summed E-state index contributed by atoms with van der Waals surface area (Å²) in [5.74, 6) is 1.49. The molecule has 136 valence electrons. The molecule has 2 rings (SSSR count). The third kappa shape index (κ3) is 7.34. The Kier molecular flexibility index (Phi) is 9.19. The first-order valence-electron chi connectivity index (χ1n) is 10.1. The van der Waals surface area contributed by atoms with Crippen LogP contribution in [0, 0.1) is 17.2 Å². The summed E-state index contributed by atoms with van der Waals surface area (Å²) in [7, 11) is 0. The van der Waals surface area contributed by atoms with Crippen LogP contribution in [0.3, 0.4) is 0 Å². The van der Waals surface area contributed by atoms with E-state index in [-0.39, 0.29) is 0 Å². The van der Waals surface area contributed by atoms with Crippen molar-refractivity contribution >= 4 is 0 Å². The fraction of sp³-hybridized carbons (Fsp3) is 0.609. The highest BCUT2D eigenvalue weighted by molar-refractivity contribution is 5.33. The van der Waals surface area contributed by atoms with Gasteiger partial charge in [0.1, 0.15) is 0 Å². The Labute approximate surface area is 153 Å². The highest BCUT2D eigenvalue weighted by Crippen LogP contribution is 2.37. The molecule has 2 heteroatoms. The molecule has 1 aliphatic rings. The fourth-order valence-corrected chi connectivity index (χ4v) is 3.74. The van der Waals surface area contributed by atoms with Crippen LogP contribution >= 0.6 is 0 Å². The summed E-state index contributed by atoms with van der Waals surface area (Å²) < 4.78 is 5.67.